The number of carbonyl (C=O) groups is 1. The van der Waals surface area contributed by atoms with Gasteiger partial charge in [0, 0.05) is 14.2 Å². The predicted molar refractivity (Wildman–Crippen MR) is 64.4 cm³/mol. The molecule has 0 spiro atoms. The van der Waals surface area contributed by atoms with Crippen molar-refractivity contribution >= 4 is 5.91 Å². The molecule has 4 heteroatoms. The maximum atomic E-state index is 12.3. The zero-order valence-electron chi connectivity index (χ0n) is 10.9. The molecule has 0 aromatic rings. The molecule has 1 amide bonds. The molecular formula is C12H24N2O2. The lowest BCUT2D eigenvalue weighted by molar-refractivity contribution is -0.140. The summed E-state index contributed by atoms with van der Waals surface area (Å²) in [5.74, 6) is 0.178. The first kappa shape index (κ1) is 13.5. The van der Waals surface area contributed by atoms with Gasteiger partial charge in [0.25, 0.3) is 0 Å². The molecule has 16 heavy (non-hydrogen) atoms. The van der Waals surface area contributed by atoms with Crippen molar-refractivity contribution in [3.8, 4) is 0 Å². The number of nitrogens with one attached hydrogen (secondary N) is 1. The lowest BCUT2D eigenvalue weighted by Gasteiger charge is -2.38. The molecule has 4 nitrogen and oxygen atoms in total. The van der Waals surface area contributed by atoms with Crippen molar-refractivity contribution in [1.82, 2.24) is 10.2 Å². The first-order valence-corrected chi connectivity index (χ1v) is 6.02. The Bertz CT molecular complexity index is 237. The number of piperidine rings is 1. The van der Waals surface area contributed by atoms with E-state index in [1.165, 1.54) is 6.42 Å². The number of hydrogen-bond donors (Lipinski definition) is 1. The minimum atomic E-state index is -0.380. The number of amides is 1. The van der Waals surface area contributed by atoms with Crippen LogP contribution in [-0.2, 0) is 9.53 Å². The smallest absolute Gasteiger partial charge is 0.242 e. The van der Waals surface area contributed by atoms with Crippen molar-refractivity contribution < 1.29 is 9.53 Å². The molecule has 1 heterocycles. The van der Waals surface area contributed by atoms with Gasteiger partial charge in [0.05, 0.1) is 18.2 Å². The van der Waals surface area contributed by atoms with Gasteiger partial charge in [-0.1, -0.05) is 0 Å². The van der Waals surface area contributed by atoms with Crippen molar-refractivity contribution in [1.29, 1.82) is 0 Å². The molecule has 1 saturated heterocycles. The minimum absolute atomic E-state index is 0.123. The van der Waals surface area contributed by atoms with Gasteiger partial charge in [-0.25, -0.2) is 0 Å². The van der Waals surface area contributed by atoms with Crippen LogP contribution < -0.4 is 5.32 Å². The quantitative estimate of drug-likeness (QED) is 0.781. The topological polar surface area (TPSA) is 41.6 Å². The molecule has 0 radical (unpaired) electrons. The van der Waals surface area contributed by atoms with Gasteiger partial charge in [0.1, 0.15) is 0 Å². The molecule has 94 valence electrons. The second-order valence-electron chi connectivity index (χ2n) is 4.94. The highest BCUT2D eigenvalue weighted by molar-refractivity contribution is 5.86. The number of methoxy groups -OCH3 is 1. The standard InChI is InChI=1S/C12H24N2O2/c1-10(9-16-4)14(3)11(15)12(2)7-5-6-8-13-12/h10,13H,5-9H2,1-4H3. The van der Waals surface area contributed by atoms with Crippen molar-refractivity contribution in [2.45, 2.75) is 44.7 Å². The second kappa shape index (κ2) is 5.64. The third kappa shape index (κ3) is 2.95. The lowest BCUT2D eigenvalue weighted by Crippen LogP contribution is -2.59. The molecule has 0 aromatic carbocycles. The zero-order chi connectivity index (χ0) is 12.2. The fourth-order valence-electron chi connectivity index (χ4n) is 2.18. The van der Waals surface area contributed by atoms with Gasteiger partial charge in [-0.3, -0.25) is 4.79 Å². The molecule has 1 rings (SSSR count). The molecule has 2 atom stereocenters. The average Bonchev–Trinajstić information content (AvgIpc) is 2.28. The van der Waals surface area contributed by atoms with Crippen LogP contribution >= 0.6 is 0 Å². The van der Waals surface area contributed by atoms with Crippen LogP contribution in [0.5, 0.6) is 0 Å². The van der Waals surface area contributed by atoms with E-state index in [1.807, 2.05) is 20.9 Å². The van der Waals surface area contributed by atoms with E-state index >= 15 is 0 Å². The Morgan fingerprint density at radius 3 is 2.75 bits per heavy atom. The third-order valence-electron chi connectivity index (χ3n) is 3.48. The van der Waals surface area contributed by atoms with E-state index in [4.69, 9.17) is 4.74 Å². The Hall–Kier alpha value is -0.610. The van der Waals surface area contributed by atoms with Crippen LogP contribution in [0.2, 0.25) is 0 Å². The Morgan fingerprint density at radius 2 is 2.25 bits per heavy atom. The highest BCUT2D eigenvalue weighted by Crippen LogP contribution is 2.21. The first-order chi connectivity index (χ1) is 7.51. The number of likely N-dealkylation sites (N-methyl/N-ethyl adjacent to an activating group) is 1. The van der Waals surface area contributed by atoms with Gasteiger partial charge in [0.2, 0.25) is 5.91 Å². The number of rotatable bonds is 4. The Balaban J connectivity index is 2.61. The van der Waals surface area contributed by atoms with Gasteiger partial charge in [0.15, 0.2) is 0 Å². The highest BCUT2D eigenvalue weighted by atomic mass is 16.5. The Labute approximate surface area is 98.3 Å². The van der Waals surface area contributed by atoms with Crippen molar-refractivity contribution in [3.05, 3.63) is 0 Å². The summed E-state index contributed by atoms with van der Waals surface area (Å²) in [6.07, 6.45) is 3.22. The fourth-order valence-corrected chi connectivity index (χ4v) is 2.18. The Kier molecular flexibility index (Phi) is 4.74. The molecule has 2 unspecified atom stereocenters. The summed E-state index contributed by atoms with van der Waals surface area (Å²) in [5, 5.41) is 3.34. The SMILES string of the molecule is COCC(C)N(C)C(=O)C1(C)CCCCN1. The van der Waals surface area contributed by atoms with Crippen LogP contribution in [0, 0.1) is 0 Å². The molecular weight excluding hydrogens is 204 g/mol. The van der Waals surface area contributed by atoms with Crippen LogP contribution in [0.3, 0.4) is 0 Å². The van der Waals surface area contributed by atoms with E-state index in [9.17, 15) is 4.79 Å². The summed E-state index contributed by atoms with van der Waals surface area (Å²) < 4.78 is 5.08. The van der Waals surface area contributed by atoms with E-state index in [0.717, 1.165) is 19.4 Å². The normalized spacial score (nSPS) is 27.5. The molecule has 1 fully saturated rings. The molecule has 1 N–H and O–H groups in total. The summed E-state index contributed by atoms with van der Waals surface area (Å²) in [4.78, 5) is 14.1. The predicted octanol–water partition coefficient (Wildman–Crippen LogP) is 1.01. The molecule has 0 saturated carbocycles. The first-order valence-electron chi connectivity index (χ1n) is 6.02. The zero-order valence-corrected chi connectivity index (χ0v) is 10.9. The molecule has 0 bridgehead atoms. The Morgan fingerprint density at radius 1 is 1.56 bits per heavy atom. The van der Waals surface area contributed by atoms with Gasteiger partial charge in [-0.2, -0.15) is 0 Å². The van der Waals surface area contributed by atoms with Crippen LogP contribution in [0.15, 0.2) is 0 Å². The monoisotopic (exact) mass is 228 g/mol. The maximum Gasteiger partial charge on any atom is 0.242 e. The molecule has 1 aliphatic heterocycles. The van der Waals surface area contributed by atoms with Gasteiger partial charge in [-0.05, 0) is 39.7 Å². The van der Waals surface area contributed by atoms with E-state index in [2.05, 4.69) is 5.32 Å². The molecule has 0 aromatic heterocycles. The number of hydrogen-bond acceptors (Lipinski definition) is 3. The summed E-state index contributed by atoms with van der Waals surface area (Å²) in [6, 6.07) is 0.123. The van der Waals surface area contributed by atoms with Crippen LogP contribution in [0.1, 0.15) is 33.1 Å². The van der Waals surface area contributed by atoms with E-state index in [0.29, 0.717) is 6.61 Å². The van der Waals surface area contributed by atoms with Crippen LogP contribution in [0.4, 0.5) is 0 Å². The van der Waals surface area contributed by atoms with Gasteiger partial charge < -0.3 is 15.0 Å². The van der Waals surface area contributed by atoms with E-state index < -0.39 is 0 Å². The van der Waals surface area contributed by atoms with Crippen molar-refractivity contribution in [3.63, 3.8) is 0 Å². The largest absolute Gasteiger partial charge is 0.383 e. The fraction of sp³-hybridized carbons (Fsp3) is 0.917. The van der Waals surface area contributed by atoms with Crippen molar-refractivity contribution in [2.75, 3.05) is 27.3 Å². The second-order valence-corrected chi connectivity index (χ2v) is 4.94. The van der Waals surface area contributed by atoms with E-state index in [-0.39, 0.29) is 17.5 Å². The summed E-state index contributed by atoms with van der Waals surface area (Å²) in [7, 11) is 3.52. The summed E-state index contributed by atoms with van der Waals surface area (Å²) >= 11 is 0. The number of ether oxygens (including phenoxy) is 1. The van der Waals surface area contributed by atoms with Crippen LogP contribution in [-0.4, -0.2) is 49.7 Å². The summed E-state index contributed by atoms with van der Waals surface area (Å²) in [6.45, 7) is 5.53. The highest BCUT2D eigenvalue weighted by Gasteiger charge is 2.37. The van der Waals surface area contributed by atoms with Crippen LogP contribution in [0.25, 0.3) is 0 Å². The number of carbonyl (C=O) groups excluding carboxylic acids is 1. The van der Waals surface area contributed by atoms with Gasteiger partial charge >= 0.3 is 0 Å². The minimum Gasteiger partial charge on any atom is -0.383 e. The third-order valence-corrected chi connectivity index (χ3v) is 3.48. The van der Waals surface area contributed by atoms with E-state index in [1.54, 1.807) is 12.0 Å². The van der Waals surface area contributed by atoms with Gasteiger partial charge in [-0.15, -0.1) is 0 Å². The maximum absolute atomic E-state index is 12.3. The number of nitrogens with zero attached hydrogens (tertiary/aromatic N) is 1. The lowest BCUT2D eigenvalue weighted by atomic mass is 9.89. The van der Waals surface area contributed by atoms with Crippen molar-refractivity contribution in [2.24, 2.45) is 0 Å². The molecule has 0 aliphatic carbocycles. The summed E-state index contributed by atoms with van der Waals surface area (Å²) in [5.41, 5.74) is -0.380. The average molecular weight is 228 g/mol. The molecule has 1 aliphatic rings.